The van der Waals surface area contributed by atoms with Crippen molar-refractivity contribution >= 4 is 17.6 Å². The molecule has 5 rings (SSSR count). The second-order valence-electron chi connectivity index (χ2n) is 8.30. The highest BCUT2D eigenvalue weighted by molar-refractivity contribution is 5.96. The first-order valence-electron chi connectivity index (χ1n) is 10.3. The number of nitrogens with zero attached hydrogens (tertiary/aromatic N) is 3. The van der Waals surface area contributed by atoms with E-state index in [1.54, 1.807) is 6.20 Å². The number of amides is 2. The third-order valence-electron chi connectivity index (χ3n) is 6.08. The maximum absolute atomic E-state index is 13.3. The Bertz CT molecular complexity index is 1050. The summed E-state index contributed by atoms with van der Waals surface area (Å²) in [6, 6.07) is 6.92. The smallest absolute Gasteiger partial charge is 0.350 e. The van der Waals surface area contributed by atoms with Gasteiger partial charge >= 0.3 is 6.18 Å². The summed E-state index contributed by atoms with van der Waals surface area (Å²) in [4.78, 5) is 33.3. The van der Waals surface area contributed by atoms with Gasteiger partial charge in [0, 0.05) is 31.9 Å². The fraction of sp³-hybridized carbons (Fsp3) is 0.409. The summed E-state index contributed by atoms with van der Waals surface area (Å²) in [6.07, 6.45) is -0.421. The molecule has 3 aliphatic rings. The van der Waals surface area contributed by atoms with Gasteiger partial charge in [-0.3, -0.25) is 9.59 Å². The Morgan fingerprint density at radius 3 is 2.65 bits per heavy atom. The Hall–Kier alpha value is -3.10. The summed E-state index contributed by atoms with van der Waals surface area (Å²) in [6.45, 7) is 1.11. The van der Waals surface area contributed by atoms with Gasteiger partial charge in [-0.15, -0.1) is 0 Å². The summed E-state index contributed by atoms with van der Waals surface area (Å²) < 4.78 is 40.0. The van der Waals surface area contributed by atoms with Crippen molar-refractivity contribution in [2.45, 2.75) is 37.5 Å². The number of anilines is 1. The number of piperazine rings is 1. The van der Waals surface area contributed by atoms with Crippen LogP contribution in [-0.4, -0.2) is 53.4 Å². The van der Waals surface area contributed by atoms with Gasteiger partial charge in [0.15, 0.2) is 0 Å². The molecule has 6 nitrogen and oxygen atoms in total. The van der Waals surface area contributed by atoms with Crippen LogP contribution >= 0.6 is 0 Å². The van der Waals surface area contributed by atoms with Crippen LogP contribution in [0.15, 0.2) is 36.5 Å². The molecule has 1 N–H and O–H groups in total. The van der Waals surface area contributed by atoms with Crippen LogP contribution in [0.5, 0.6) is 0 Å². The van der Waals surface area contributed by atoms with Crippen molar-refractivity contribution in [2.75, 3.05) is 24.5 Å². The van der Waals surface area contributed by atoms with E-state index in [1.807, 2.05) is 6.07 Å². The molecular formula is C22H21F3N4O2. The van der Waals surface area contributed by atoms with Crippen LogP contribution in [0.1, 0.15) is 44.7 Å². The van der Waals surface area contributed by atoms with E-state index in [9.17, 15) is 22.8 Å². The molecule has 3 heterocycles. The molecule has 0 bridgehead atoms. The van der Waals surface area contributed by atoms with E-state index in [0.29, 0.717) is 31.6 Å². The second-order valence-corrected chi connectivity index (χ2v) is 8.30. The first kappa shape index (κ1) is 19.8. The Morgan fingerprint density at radius 2 is 1.90 bits per heavy atom. The minimum absolute atomic E-state index is 0.0695. The lowest BCUT2D eigenvalue weighted by molar-refractivity contribution is -0.138. The van der Waals surface area contributed by atoms with Crippen molar-refractivity contribution in [1.82, 2.24) is 15.2 Å². The van der Waals surface area contributed by atoms with Crippen LogP contribution in [0.25, 0.3) is 0 Å². The quantitative estimate of drug-likeness (QED) is 0.814. The zero-order valence-corrected chi connectivity index (χ0v) is 16.7. The number of rotatable bonds is 3. The van der Waals surface area contributed by atoms with Crippen LogP contribution in [0.2, 0.25) is 0 Å². The van der Waals surface area contributed by atoms with E-state index in [-0.39, 0.29) is 23.6 Å². The number of hydrogen-bond acceptors (Lipinski definition) is 4. The summed E-state index contributed by atoms with van der Waals surface area (Å²) in [5.74, 6) is 0.0417. The number of hydrogen-bond donors (Lipinski definition) is 1. The van der Waals surface area contributed by atoms with Crippen molar-refractivity contribution in [3.63, 3.8) is 0 Å². The molecule has 1 aliphatic carbocycles. The van der Waals surface area contributed by atoms with Crippen molar-refractivity contribution < 1.29 is 22.8 Å². The van der Waals surface area contributed by atoms with Gasteiger partial charge in [0.2, 0.25) is 0 Å². The van der Waals surface area contributed by atoms with Gasteiger partial charge < -0.3 is 15.1 Å². The topological polar surface area (TPSA) is 65.5 Å². The molecule has 2 aromatic rings. The van der Waals surface area contributed by atoms with Crippen LogP contribution in [0, 0.1) is 0 Å². The van der Waals surface area contributed by atoms with E-state index in [0.717, 1.165) is 30.3 Å². The highest BCUT2D eigenvalue weighted by atomic mass is 19.4. The summed E-state index contributed by atoms with van der Waals surface area (Å²) >= 11 is 0. The molecule has 2 fully saturated rings. The van der Waals surface area contributed by atoms with E-state index < -0.39 is 17.6 Å². The maximum Gasteiger partial charge on any atom is 0.417 e. The molecule has 31 heavy (non-hydrogen) atoms. The van der Waals surface area contributed by atoms with Crippen LogP contribution in [0.3, 0.4) is 0 Å². The number of alkyl halides is 3. The lowest BCUT2D eigenvalue weighted by Crippen LogP contribution is -2.53. The lowest BCUT2D eigenvalue weighted by atomic mass is 10.0. The number of carbonyl (C=O) groups excluding carboxylic acids is 2. The Labute approximate surface area is 177 Å². The Morgan fingerprint density at radius 1 is 1.13 bits per heavy atom. The Kier molecular flexibility index (Phi) is 4.64. The predicted molar refractivity (Wildman–Crippen MR) is 107 cm³/mol. The molecule has 2 aliphatic heterocycles. The van der Waals surface area contributed by atoms with E-state index in [4.69, 9.17) is 0 Å². The predicted octanol–water partition coefficient (Wildman–Crippen LogP) is 2.88. The fourth-order valence-electron chi connectivity index (χ4n) is 4.37. The summed E-state index contributed by atoms with van der Waals surface area (Å²) in [5, 5.41) is 2.94. The van der Waals surface area contributed by atoms with Crippen LogP contribution < -0.4 is 10.2 Å². The molecule has 1 aromatic carbocycles. The highest BCUT2D eigenvalue weighted by Crippen LogP contribution is 2.35. The standard InChI is InChI=1S/C22H21F3N4O2/c23-22(24,25)18-4-2-1-3-17(18)21(31)28-7-8-29-16(12-28)10-13-9-14(11-26-19(13)29)20(30)27-15-5-6-15/h1-4,9,11,15-16H,5-8,10,12H2,(H,27,30). The average molecular weight is 430 g/mol. The molecule has 1 saturated heterocycles. The van der Waals surface area contributed by atoms with E-state index in [2.05, 4.69) is 15.2 Å². The SMILES string of the molecule is O=C(NC1CC1)c1cnc2c(c1)CC1CN(C(=O)c3ccccc3C(F)(F)F)CCN21. The molecule has 1 atom stereocenters. The van der Waals surface area contributed by atoms with Crippen molar-refractivity contribution in [3.8, 4) is 0 Å². The zero-order chi connectivity index (χ0) is 21.8. The second kappa shape index (κ2) is 7.25. The number of pyridine rings is 1. The average Bonchev–Trinajstić information content (AvgIpc) is 3.49. The van der Waals surface area contributed by atoms with Gasteiger partial charge in [-0.1, -0.05) is 12.1 Å². The molecule has 1 unspecified atom stereocenters. The van der Waals surface area contributed by atoms with Crippen LogP contribution in [0.4, 0.5) is 19.0 Å². The molecular weight excluding hydrogens is 409 g/mol. The van der Waals surface area contributed by atoms with Gasteiger partial charge in [-0.05, 0) is 43.0 Å². The highest BCUT2D eigenvalue weighted by Gasteiger charge is 2.40. The number of halogens is 3. The summed E-state index contributed by atoms with van der Waals surface area (Å²) in [7, 11) is 0. The molecule has 2 amide bonds. The lowest BCUT2D eigenvalue weighted by Gasteiger charge is -2.38. The van der Waals surface area contributed by atoms with Crippen molar-refractivity contribution in [2.24, 2.45) is 0 Å². The minimum Gasteiger partial charge on any atom is -0.350 e. The van der Waals surface area contributed by atoms with Gasteiger partial charge in [0.05, 0.1) is 22.7 Å². The monoisotopic (exact) mass is 430 g/mol. The largest absolute Gasteiger partial charge is 0.417 e. The number of nitrogens with one attached hydrogen (secondary N) is 1. The van der Waals surface area contributed by atoms with Crippen LogP contribution in [-0.2, 0) is 12.6 Å². The summed E-state index contributed by atoms with van der Waals surface area (Å²) in [5.41, 5.74) is 0.206. The number of fused-ring (bicyclic) bond motifs is 3. The van der Waals surface area contributed by atoms with Crippen molar-refractivity contribution in [3.05, 3.63) is 58.8 Å². The zero-order valence-electron chi connectivity index (χ0n) is 16.7. The maximum atomic E-state index is 13.3. The van der Waals surface area contributed by atoms with Gasteiger partial charge in [0.1, 0.15) is 5.82 Å². The van der Waals surface area contributed by atoms with E-state index >= 15 is 0 Å². The molecule has 162 valence electrons. The van der Waals surface area contributed by atoms with Crippen molar-refractivity contribution in [1.29, 1.82) is 0 Å². The van der Waals surface area contributed by atoms with Gasteiger partial charge in [0.25, 0.3) is 11.8 Å². The number of benzene rings is 1. The number of aromatic nitrogens is 1. The van der Waals surface area contributed by atoms with E-state index in [1.165, 1.54) is 23.1 Å². The fourth-order valence-corrected chi connectivity index (χ4v) is 4.37. The Balaban J connectivity index is 1.32. The van der Waals surface area contributed by atoms with Gasteiger partial charge in [-0.25, -0.2) is 4.98 Å². The van der Waals surface area contributed by atoms with Gasteiger partial charge in [-0.2, -0.15) is 13.2 Å². The third kappa shape index (κ3) is 3.73. The first-order valence-corrected chi connectivity index (χ1v) is 10.3. The molecule has 1 saturated carbocycles. The molecule has 9 heteroatoms. The normalized spacial score (nSPS) is 20.3. The first-order chi connectivity index (χ1) is 14.8. The molecule has 1 aromatic heterocycles. The third-order valence-corrected chi connectivity index (χ3v) is 6.08. The number of carbonyl (C=O) groups is 2. The molecule has 0 spiro atoms. The minimum atomic E-state index is -4.58. The molecule has 0 radical (unpaired) electrons.